The number of hydrogen-bond acceptors (Lipinski definition) is 4. The highest BCUT2D eigenvalue weighted by atomic mass is 32.2. The molecule has 0 aliphatic carbocycles. The third-order valence-corrected chi connectivity index (χ3v) is 5.57. The number of nitrogens with one attached hydrogen (secondary N) is 1. The van der Waals surface area contributed by atoms with Gasteiger partial charge in [0.15, 0.2) is 0 Å². The average Bonchev–Trinajstić information content (AvgIpc) is 2.44. The van der Waals surface area contributed by atoms with Gasteiger partial charge in [0, 0.05) is 19.7 Å². The first-order chi connectivity index (χ1) is 9.55. The van der Waals surface area contributed by atoms with Crippen molar-refractivity contribution in [2.75, 3.05) is 39.0 Å². The molecule has 6 heteroatoms. The van der Waals surface area contributed by atoms with Crippen molar-refractivity contribution >= 4 is 10.0 Å². The monoisotopic (exact) mass is 304 g/mol. The summed E-state index contributed by atoms with van der Waals surface area (Å²) in [6.45, 7) is 4.16. The minimum Gasteiger partial charge on any atom is -0.378 e. The molecule has 2 fully saturated rings. The molecule has 2 heterocycles. The summed E-state index contributed by atoms with van der Waals surface area (Å²) in [5.74, 6) is 0.450. The van der Waals surface area contributed by atoms with Crippen molar-refractivity contribution in [1.82, 2.24) is 9.62 Å². The molecular weight excluding hydrogens is 276 g/mol. The Labute approximate surface area is 123 Å². The molecule has 20 heavy (non-hydrogen) atoms. The van der Waals surface area contributed by atoms with Crippen LogP contribution in [0.1, 0.15) is 38.5 Å². The van der Waals surface area contributed by atoms with Gasteiger partial charge in [-0.1, -0.05) is 0 Å². The van der Waals surface area contributed by atoms with Crippen molar-refractivity contribution in [3.8, 4) is 0 Å². The van der Waals surface area contributed by atoms with Gasteiger partial charge < -0.3 is 10.1 Å². The van der Waals surface area contributed by atoms with Crippen LogP contribution in [0, 0.1) is 5.92 Å². The number of nitrogens with zero attached hydrogens (tertiary/aromatic N) is 1. The van der Waals surface area contributed by atoms with Crippen LogP contribution < -0.4 is 5.32 Å². The van der Waals surface area contributed by atoms with Crippen LogP contribution in [0.2, 0.25) is 0 Å². The van der Waals surface area contributed by atoms with Crippen molar-refractivity contribution in [3.05, 3.63) is 0 Å². The van der Waals surface area contributed by atoms with E-state index in [0.717, 1.165) is 39.0 Å². The Morgan fingerprint density at radius 2 is 2.10 bits per heavy atom. The quantitative estimate of drug-likeness (QED) is 0.749. The molecule has 2 saturated heterocycles. The Balaban J connectivity index is 1.61. The first-order valence-corrected chi connectivity index (χ1v) is 9.68. The molecule has 0 spiro atoms. The highest BCUT2D eigenvalue weighted by Gasteiger charge is 2.25. The van der Waals surface area contributed by atoms with E-state index in [1.807, 2.05) is 0 Å². The van der Waals surface area contributed by atoms with Gasteiger partial charge in [0.25, 0.3) is 0 Å². The summed E-state index contributed by atoms with van der Waals surface area (Å²) in [7, 11) is -3.02. The van der Waals surface area contributed by atoms with Gasteiger partial charge in [0.1, 0.15) is 0 Å². The smallest absolute Gasteiger partial charge is 0.211 e. The molecule has 0 aromatic heterocycles. The van der Waals surface area contributed by atoms with Crippen molar-refractivity contribution in [2.45, 2.75) is 44.6 Å². The highest BCUT2D eigenvalue weighted by molar-refractivity contribution is 7.88. The maximum absolute atomic E-state index is 11.6. The van der Waals surface area contributed by atoms with E-state index in [1.54, 1.807) is 4.31 Å². The van der Waals surface area contributed by atoms with E-state index in [2.05, 4.69) is 5.32 Å². The third kappa shape index (κ3) is 5.31. The molecule has 2 atom stereocenters. The number of rotatable bonds is 6. The lowest BCUT2D eigenvalue weighted by Gasteiger charge is -2.31. The minimum atomic E-state index is -3.02. The molecular formula is C14H28N2O3S. The predicted molar refractivity (Wildman–Crippen MR) is 80.2 cm³/mol. The Hall–Kier alpha value is -0.170. The van der Waals surface area contributed by atoms with Crippen molar-refractivity contribution < 1.29 is 13.2 Å². The van der Waals surface area contributed by atoms with Crippen molar-refractivity contribution in [1.29, 1.82) is 0 Å². The average molecular weight is 304 g/mol. The summed E-state index contributed by atoms with van der Waals surface area (Å²) in [5, 5.41) is 3.47. The molecule has 1 N–H and O–H groups in total. The van der Waals surface area contributed by atoms with Gasteiger partial charge in [-0.05, 0) is 57.5 Å². The normalized spacial score (nSPS) is 29.4. The number of piperidine rings is 1. The lowest BCUT2D eigenvalue weighted by molar-refractivity contribution is 0.0114. The molecule has 0 bridgehead atoms. The van der Waals surface area contributed by atoms with E-state index in [4.69, 9.17) is 4.74 Å². The summed E-state index contributed by atoms with van der Waals surface area (Å²) < 4.78 is 30.4. The van der Waals surface area contributed by atoms with Crippen LogP contribution in [0.4, 0.5) is 0 Å². The summed E-state index contributed by atoms with van der Waals surface area (Å²) in [5.41, 5.74) is 0. The van der Waals surface area contributed by atoms with Crippen LogP contribution in [0.25, 0.3) is 0 Å². The first-order valence-electron chi connectivity index (χ1n) is 7.83. The van der Waals surface area contributed by atoms with E-state index in [9.17, 15) is 8.42 Å². The summed E-state index contributed by atoms with van der Waals surface area (Å²) >= 11 is 0. The van der Waals surface area contributed by atoms with E-state index < -0.39 is 10.0 Å². The second-order valence-corrected chi connectivity index (χ2v) is 8.09. The second kappa shape index (κ2) is 7.73. The SMILES string of the molecule is CS(=O)(=O)N1CCCC(CNCCC2CCCCO2)C1. The van der Waals surface area contributed by atoms with E-state index >= 15 is 0 Å². The van der Waals surface area contributed by atoms with Crippen LogP contribution in [0.3, 0.4) is 0 Å². The Bertz CT molecular complexity index is 380. The molecule has 0 amide bonds. The highest BCUT2D eigenvalue weighted by Crippen LogP contribution is 2.18. The third-order valence-electron chi connectivity index (χ3n) is 4.30. The molecule has 0 aromatic carbocycles. The van der Waals surface area contributed by atoms with Crippen LogP contribution in [-0.2, 0) is 14.8 Å². The van der Waals surface area contributed by atoms with E-state index in [0.29, 0.717) is 25.1 Å². The van der Waals surface area contributed by atoms with Gasteiger partial charge in [0.2, 0.25) is 10.0 Å². The Kier molecular flexibility index (Phi) is 6.26. The lowest BCUT2D eigenvalue weighted by atomic mass is 9.99. The predicted octanol–water partition coefficient (Wildman–Crippen LogP) is 1.21. The second-order valence-electron chi connectivity index (χ2n) is 6.11. The van der Waals surface area contributed by atoms with E-state index in [-0.39, 0.29) is 0 Å². The van der Waals surface area contributed by atoms with E-state index in [1.165, 1.54) is 25.5 Å². The van der Waals surface area contributed by atoms with Gasteiger partial charge in [-0.15, -0.1) is 0 Å². The molecule has 118 valence electrons. The zero-order valence-electron chi connectivity index (χ0n) is 12.5. The fourth-order valence-corrected chi connectivity index (χ4v) is 4.04. The molecule has 0 aromatic rings. The maximum Gasteiger partial charge on any atom is 0.211 e. The largest absolute Gasteiger partial charge is 0.378 e. The lowest BCUT2D eigenvalue weighted by Crippen LogP contribution is -2.42. The van der Waals surface area contributed by atoms with Gasteiger partial charge in [-0.2, -0.15) is 0 Å². The van der Waals surface area contributed by atoms with Gasteiger partial charge in [0.05, 0.1) is 12.4 Å². The minimum absolute atomic E-state index is 0.426. The molecule has 2 aliphatic heterocycles. The number of ether oxygens (including phenoxy) is 1. The number of hydrogen-bond donors (Lipinski definition) is 1. The Morgan fingerprint density at radius 3 is 2.80 bits per heavy atom. The van der Waals surface area contributed by atoms with Crippen LogP contribution in [-0.4, -0.2) is 57.9 Å². The summed E-state index contributed by atoms with van der Waals surface area (Å²) in [4.78, 5) is 0. The molecule has 0 radical (unpaired) electrons. The first kappa shape index (κ1) is 16.2. The van der Waals surface area contributed by atoms with Gasteiger partial charge in [-0.3, -0.25) is 0 Å². The fraction of sp³-hybridized carbons (Fsp3) is 1.00. The summed E-state index contributed by atoms with van der Waals surface area (Å²) in [6, 6.07) is 0. The summed E-state index contributed by atoms with van der Waals surface area (Å²) in [6.07, 6.45) is 8.59. The zero-order chi connectivity index (χ0) is 14.4. The van der Waals surface area contributed by atoms with Crippen molar-refractivity contribution in [2.24, 2.45) is 5.92 Å². The molecule has 2 rings (SSSR count). The van der Waals surface area contributed by atoms with Crippen molar-refractivity contribution in [3.63, 3.8) is 0 Å². The topological polar surface area (TPSA) is 58.6 Å². The fourth-order valence-electron chi connectivity index (χ4n) is 3.10. The molecule has 2 aliphatic rings. The van der Waals surface area contributed by atoms with Crippen LogP contribution in [0.5, 0.6) is 0 Å². The maximum atomic E-state index is 11.6. The van der Waals surface area contributed by atoms with Crippen LogP contribution >= 0.6 is 0 Å². The number of sulfonamides is 1. The van der Waals surface area contributed by atoms with Gasteiger partial charge >= 0.3 is 0 Å². The van der Waals surface area contributed by atoms with Crippen LogP contribution in [0.15, 0.2) is 0 Å². The molecule has 5 nitrogen and oxygen atoms in total. The molecule has 0 saturated carbocycles. The van der Waals surface area contributed by atoms with Gasteiger partial charge in [-0.25, -0.2) is 12.7 Å². The zero-order valence-corrected chi connectivity index (χ0v) is 13.3. The Morgan fingerprint density at radius 1 is 1.25 bits per heavy atom. The standard InChI is InChI=1S/C14H28N2O3S/c1-20(17,18)16-9-4-5-13(12-16)11-15-8-7-14-6-2-3-10-19-14/h13-15H,2-12H2,1H3. The molecule has 2 unspecified atom stereocenters.